The summed E-state index contributed by atoms with van der Waals surface area (Å²) in [6, 6.07) is 87.2. The van der Waals surface area contributed by atoms with Gasteiger partial charge in [0.1, 0.15) is 10.0 Å². The third-order valence-corrected chi connectivity index (χ3v) is 18.2. The Morgan fingerprint density at radius 3 is 1.22 bits per heavy atom. The van der Waals surface area contributed by atoms with Crippen LogP contribution in [0.25, 0.3) is 74.5 Å². The summed E-state index contributed by atoms with van der Waals surface area (Å²) in [4.78, 5) is 2.73. The molecular weight excluding hydrogens is 870 g/mol. The van der Waals surface area contributed by atoms with Crippen LogP contribution in [0.4, 0.5) is 0 Å². The highest BCUT2D eigenvalue weighted by molar-refractivity contribution is 7.25. The van der Waals surface area contributed by atoms with Crippen molar-refractivity contribution in [3.05, 3.63) is 253 Å². The summed E-state index contributed by atoms with van der Waals surface area (Å²) >= 11 is 3.91. The lowest BCUT2D eigenvalue weighted by Gasteiger charge is -2.33. The minimum Gasteiger partial charge on any atom is -0.301 e. The van der Waals surface area contributed by atoms with Crippen LogP contribution in [-0.2, 0) is 5.41 Å². The average molecular weight is 909 g/mol. The smallest absolute Gasteiger partial charge is 0.240 e. The molecule has 6 heteroatoms. The zero-order chi connectivity index (χ0) is 45.0. The molecule has 0 radical (unpaired) electrons. The Kier molecular flexibility index (Phi) is 7.78. The van der Waals surface area contributed by atoms with E-state index in [1.54, 1.807) is 0 Å². The molecule has 318 valence electrons. The number of aromatic nitrogens is 2. The Morgan fingerprint density at radius 1 is 0.319 bits per heavy atom. The minimum absolute atomic E-state index is 0.0436. The minimum atomic E-state index is -0.548. The highest BCUT2D eigenvalue weighted by Gasteiger charge is 2.55. The van der Waals surface area contributed by atoms with Crippen molar-refractivity contribution in [1.82, 2.24) is 9.13 Å². The molecule has 16 rings (SSSR count). The van der Waals surface area contributed by atoms with Gasteiger partial charge in [0.05, 0.1) is 37.2 Å². The van der Waals surface area contributed by atoms with Crippen LogP contribution in [-0.4, -0.2) is 22.6 Å². The number of rotatable bonds is 4. The van der Waals surface area contributed by atoms with E-state index in [0.717, 1.165) is 0 Å². The molecule has 1 spiro atoms. The van der Waals surface area contributed by atoms with Crippen molar-refractivity contribution in [3.8, 4) is 30.9 Å². The molecule has 3 aliphatic rings. The molecule has 9 aromatic carbocycles. The van der Waals surface area contributed by atoms with Crippen LogP contribution >= 0.6 is 22.7 Å². The van der Waals surface area contributed by atoms with E-state index < -0.39 is 5.41 Å². The molecule has 0 saturated heterocycles. The lowest BCUT2D eigenvalue weighted by atomic mass is 9.21. The summed E-state index contributed by atoms with van der Waals surface area (Å²) in [6.45, 7) is 0.197. The first-order valence-corrected chi connectivity index (χ1v) is 25.6. The van der Waals surface area contributed by atoms with Crippen LogP contribution in [0.3, 0.4) is 0 Å². The van der Waals surface area contributed by atoms with Gasteiger partial charge in [0.15, 0.2) is 0 Å². The van der Waals surface area contributed by atoms with E-state index in [1.807, 2.05) is 22.7 Å². The molecule has 0 amide bonds. The van der Waals surface area contributed by atoms with Gasteiger partial charge in [-0.1, -0.05) is 227 Å². The molecular formula is C63H38B2N2S2. The highest BCUT2D eigenvalue weighted by Crippen LogP contribution is 2.66. The van der Waals surface area contributed by atoms with Gasteiger partial charge < -0.3 is 9.13 Å². The van der Waals surface area contributed by atoms with Gasteiger partial charge in [-0.15, -0.1) is 22.7 Å². The first kappa shape index (κ1) is 38.1. The van der Waals surface area contributed by atoms with Crippen molar-refractivity contribution >= 4 is 112 Å². The topological polar surface area (TPSA) is 9.86 Å². The van der Waals surface area contributed by atoms with Crippen molar-refractivity contribution < 1.29 is 0 Å². The maximum Gasteiger partial charge on any atom is 0.240 e. The fourth-order valence-electron chi connectivity index (χ4n) is 13.3. The van der Waals surface area contributed by atoms with Crippen LogP contribution < -0.4 is 32.8 Å². The van der Waals surface area contributed by atoms with E-state index in [-0.39, 0.29) is 13.4 Å². The Hall–Kier alpha value is -7.89. The maximum atomic E-state index is 2.57. The molecule has 4 aromatic heterocycles. The first-order valence-electron chi connectivity index (χ1n) is 24.0. The van der Waals surface area contributed by atoms with Crippen molar-refractivity contribution in [2.24, 2.45) is 0 Å². The van der Waals surface area contributed by atoms with E-state index in [0.29, 0.717) is 0 Å². The molecule has 0 N–H and O–H groups in total. The Morgan fingerprint density at radius 2 is 0.710 bits per heavy atom. The number of para-hydroxylation sites is 4. The molecule has 0 bridgehead atoms. The summed E-state index contributed by atoms with van der Waals surface area (Å²) in [5, 5.41) is 7.63. The van der Waals surface area contributed by atoms with Gasteiger partial charge >= 0.3 is 0 Å². The Balaban J connectivity index is 1.00. The lowest BCUT2D eigenvalue weighted by Crippen LogP contribution is -2.75. The Bertz CT molecular complexity index is 3990. The normalized spacial score (nSPS) is 13.9. The van der Waals surface area contributed by atoms with Gasteiger partial charge in [-0.3, -0.25) is 0 Å². The number of hydrogen-bond donors (Lipinski definition) is 0. The third-order valence-electron chi connectivity index (χ3n) is 15.8. The number of nitrogens with zero attached hydrogens (tertiary/aromatic N) is 2. The molecule has 0 saturated carbocycles. The van der Waals surface area contributed by atoms with Crippen LogP contribution in [0.15, 0.2) is 231 Å². The van der Waals surface area contributed by atoms with Crippen molar-refractivity contribution in [3.63, 3.8) is 0 Å². The van der Waals surface area contributed by atoms with Gasteiger partial charge in [0, 0.05) is 21.5 Å². The summed E-state index contributed by atoms with van der Waals surface area (Å²) in [6.07, 6.45) is 0. The standard InChI is InChI=1S/C63H38B2N2S2/c1-2-19-39(20-3-1)64-49-28-10-12-30-51(49)65(52-31-13-11-29-50(52)64)53-32-18-27-46-60(53)44-25-4-9-26-45(44)63(46)47-37-58(66-54-33-14-5-21-40(54)41-22-6-15-34-55(41)66)68-61(47)62-48(63)38-59(69-62)67-56-35-16-7-23-42(56)43-24-8-17-36-57(43)67/h1-38H. The quantitative estimate of drug-likeness (QED) is 0.156. The molecule has 2 nitrogen and oxygen atoms in total. The van der Waals surface area contributed by atoms with E-state index in [9.17, 15) is 0 Å². The zero-order valence-electron chi connectivity index (χ0n) is 37.3. The van der Waals surface area contributed by atoms with E-state index in [4.69, 9.17) is 0 Å². The second-order valence-electron chi connectivity index (χ2n) is 19.0. The second-order valence-corrected chi connectivity index (χ2v) is 21.1. The summed E-state index contributed by atoms with van der Waals surface area (Å²) in [7, 11) is 0. The third kappa shape index (κ3) is 4.92. The van der Waals surface area contributed by atoms with Crippen molar-refractivity contribution in [2.75, 3.05) is 0 Å². The molecule has 2 aliphatic carbocycles. The number of hydrogen-bond acceptors (Lipinski definition) is 2. The number of thiophene rings is 2. The molecule has 1 aliphatic heterocycles. The van der Waals surface area contributed by atoms with Gasteiger partial charge in [-0.05, 0) is 69.8 Å². The first-order chi connectivity index (χ1) is 34.3. The largest absolute Gasteiger partial charge is 0.301 e. The van der Waals surface area contributed by atoms with E-state index >= 15 is 0 Å². The van der Waals surface area contributed by atoms with E-state index in [1.165, 1.54) is 130 Å². The molecule has 0 unspecified atom stereocenters. The second kappa shape index (κ2) is 14.1. The van der Waals surface area contributed by atoms with Gasteiger partial charge in [-0.2, -0.15) is 0 Å². The Labute approximate surface area is 408 Å². The maximum absolute atomic E-state index is 2.57. The van der Waals surface area contributed by atoms with Crippen LogP contribution in [0.1, 0.15) is 22.3 Å². The fourth-order valence-corrected chi connectivity index (χ4v) is 15.9. The summed E-state index contributed by atoms with van der Waals surface area (Å²) in [5.41, 5.74) is 20.9. The van der Waals surface area contributed by atoms with Crippen LogP contribution in [0, 0.1) is 0 Å². The van der Waals surface area contributed by atoms with Gasteiger partial charge in [-0.25, -0.2) is 0 Å². The van der Waals surface area contributed by atoms with Crippen LogP contribution in [0.5, 0.6) is 0 Å². The average Bonchev–Trinajstić information content (AvgIpc) is 4.26. The SMILES string of the molecule is c1ccc(B2c3ccccc3B(c3cccc4c3-c3ccccc3C43c4cc(-n5c6ccccc6c6ccccc65)sc4-c4sc(-n5c6ccccc6c6ccccc65)cc43)c3ccccc32)cc1. The summed E-state index contributed by atoms with van der Waals surface area (Å²) in [5.74, 6) is 0. The fraction of sp³-hybridized carbons (Fsp3) is 0.0159. The predicted octanol–water partition coefficient (Wildman–Crippen LogP) is 11.7. The van der Waals surface area contributed by atoms with Gasteiger partial charge in [0.25, 0.3) is 0 Å². The molecule has 5 heterocycles. The lowest BCUT2D eigenvalue weighted by molar-refractivity contribution is 0.797. The number of fused-ring (bicyclic) bond motifs is 18. The van der Waals surface area contributed by atoms with E-state index in [2.05, 4.69) is 240 Å². The van der Waals surface area contributed by atoms with Gasteiger partial charge in [0.2, 0.25) is 13.4 Å². The number of benzene rings is 9. The predicted molar refractivity (Wildman–Crippen MR) is 296 cm³/mol. The van der Waals surface area contributed by atoms with Crippen molar-refractivity contribution in [2.45, 2.75) is 5.41 Å². The molecule has 13 aromatic rings. The zero-order valence-corrected chi connectivity index (χ0v) is 38.9. The highest BCUT2D eigenvalue weighted by atomic mass is 32.1. The van der Waals surface area contributed by atoms with Crippen LogP contribution in [0.2, 0.25) is 0 Å². The molecule has 0 fully saturated rings. The molecule has 0 atom stereocenters. The van der Waals surface area contributed by atoms with Crippen molar-refractivity contribution in [1.29, 1.82) is 0 Å². The monoisotopic (exact) mass is 908 g/mol. The summed E-state index contributed by atoms with van der Waals surface area (Å²) < 4.78 is 5.06. The molecule has 69 heavy (non-hydrogen) atoms.